The number of aliphatic hydroxyl groups excluding tert-OH is 1. The highest BCUT2D eigenvalue weighted by atomic mass is 16.6. The minimum Gasteiger partial charge on any atom is -0.481 e. The van der Waals surface area contributed by atoms with Gasteiger partial charge >= 0.3 is 11.9 Å². The first kappa shape index (κ1) is 21.3. The lowest BCUT2D eigenvalue weighted by Gasteiger charge is -2.38. The Balaban J connectivity index is 1.84. The van der Waals surface area contributed by atoms with Gasteiger partial charge in [0.05, 0.1) is 24.7 Å². The molecule has 2 N–H and O–H groups in total. The van der Waals surface area contributed by atoms with Crippen LogP contribution in [0.1, 0.15) is 56.9 Å². The first-order valence-electron chi connectivity index (χ1n) is 10.2. The van der Waals surface area contributed by atoms with E-state index >= 15 is 0 Å². The molecule has 2 aliphatic rings. The van der Waals surface area contributed by atoms with Crippen molar-refractivity contribution < 1.29 is 29.4 Å². The Kier molecular flexibility index (Phi) is 6.90. The van der Waals surface area contributed by atoms with Gasteiger partial charge in [-0.15, -0.1) is 0 Å². The molecule has 0 heterocycles. The molecule has 2 saturated carbocycles. The number of esters is 1. The van der Waals surface area contributed by atoms with Gasteiger partial charge in [0, 0.05) is 5.92 Å². The number of rotatable bonds is 8. The summed E-state index contributed by atoms with van der Waals surface area (Å²) in [6, 6.07) is 7.42. The summed E-state index contributed by atoms with van der Waals surface area (Å²) in [5.74, 6) is -0.325. The molecule has 0 aromatic heterocycles. The molecule has 1 aromatic rings. The second kappa shape index (κ2) is 9.39. The number of carbonyl (C=O) groups is 2. The highest BCUT2D eigenvalue weighted by Gasteiger charge is 2.48. The molecule has 5 atom stereocenters. The van der Waals surface area contributed by atoms with Crippen molar-refractivity contribution in [2.75, 3.05) is 7.11 Å². The third-order valence-corrected chi connectivity index (χ3v) is 6.17. The Bertz CT molecular complexity index is 776. The molecule has 0 saturated heterocycles. The molecule has 7 heteroatoms. The molecule has 2 aliphatic carbocycles. The maximum atomic E-state index is 11.9. The van der Waals surface area contributed by atoms with Gasteiger partial charge in [-0.05, 0) is 61.1 Å². The standard InChI is InChI=1S/C22H29NO6/c1-3-18(23-28-2)22-16(9-13-10-17(22)19(24)11-13)14-5-4-6-15(12-14)29-21(27)8-7-20(25)26/h4-6,12-13,16-17,19,22,24H,3,7-11H2,1-2H3,(H,25,26)/t13?,16-,17+,19?,22+/m1/s1. The zero-order valence-corrected chi connectivity index (χ0v) is 16.9. The summed E-state index contributed by atoms with van der Waals surface area (Å²) in [4.78, 5) is 27.6. The number of hydrogen-bond acceptors (Lipinski definition) is 6. The van der Waals surface area contributed by atoms with Crippen LogP contribution in [-0.2, 0) is 14.4 Å². The van der Waals surface area contributed by atoms with E-state index in [2.05, 4.69) is 5.16 Å². The second-order valence-electron chi connectivity index (χ2n) is 8.00. The van der Waals surface area contributed by atoms with E-state index in [1.807, 2.05) is 25.1 Å². The number of ether oxygens (including phenoxy) is 1. The van der Waals surface area contributed by atoms with E-state index in [1.165, 1.54) is 0 Å². The number of carboxylic acids is 1. The molecule has 0 spiro atoms. The Hall–Kier alpha value is -2.41. The summed E-state index contributed by atoms with van der Waals surface area (Å²) in [6.07, 6.45) is 2.74. The third-order valence-electron chi connectivity index (χ3n) is 6.17. The fraction of sp³-hybridized carbons (Fsp3) is 0.591. The molecule has 158 valence electrons. The fourth-order valence-electron chi connectivity index (χ4n) is 5.04. The molecule has 1 aromatic carbocycles. The predicted molar refractivity (Wildman–Crippen MR) is 107 cm³/mol. The number of benzene rings is 1. The van der Waals surface area contributed by atoms with E-state index in [9.17, 15) is 14.7 Å². The Morgan fingerprint density at radius 2 is 2.00 bits per heavy atom. The molecule has 7 nitrogen and oxygen atoms in total. The minimum absolute atomic E-state index is 0.0756. The van der Waals surface area contributed by atoms with E-state index in [-0.39, 0.29) is 36.7 Å². The zero-order valence-electron chi connectivity index (χ0n) is 16.9. The van der Waals surface area contributed by atoms with Gasteiger partial charge in [0.15, 0.2) is 0 Å². The highest BCUT2D eigenvalue weighted by molar-refractivity contribution is 5.87. The molecule has 2 unspecified atom stereocenters. The van der Waals surface area contributed by atoms with Crippen LogP contribution in [0.15, 0.2) is 29.4 Å². The summed E-state index contributed by atoms with van der Waals surface area (Å²) in [5, 5.41) is 23.6. The smallest absolute Gasteiger partial charge is 0.311 e. The molecule has 0 amide bonds. The lowest BCUT2D eigenvalue weighted by molar-refractivity contribution is -0.142. The molecular weight excluding hydrogens is 374 g/mol. The predicted octanol–water partition coefficient (Wildman–Crippen LogP) is 3.36. The highest BCUT2D eigenvalue weighted by Crippen LogP contribution is 2.53. The van der Waals surface area contributed by atoms with Crippen LogP contribution in [0.25, 0.3) is 0 Å². The number of fused-ring (bicyclic) bond motifs is 2. The molecule has 2 bridgehead atoms. The fourth-order valence-corrected chi connectivity index (χ4v) is 5.04. The van der Waals surface area contributed by atoms with Crippen molar-refractivity contribution in [3.8, 4) is 5.75 Å². The summed E-state index contributed by atoms with van der Waals surface area (Å²) in [6.45, 7) is 2.04. The first-order chi connectivity index (χ1) is 13.9. The summed E-state index contributed by atoms with van der Waals surface area (Å²) >= 11 is 0. The van der Waals surface area contributed by atoms with Gasteiger partial charge in [0.2, 0.25) is 0 Å². The van der Waals surface area contributed by atoms with Gasteiger partial charge in [-0.3, -0.25) is 9.59 Å². The maximum Gasteiger partial charge on any atom is 0.311 e. The molecule has 2 fully saturated rings. The van der Waals surface area contributed by atoms with Crippen LogP contribution < -0.4 is 4.74 Å². The van der Waals surface area contributed by atoms with Crippen LogP contribution >= 0.6 is 0 Å². The van der Waals surface area contributed by atoms with Gasteiger partial charge in [0.1, 0.15) is 12.9 Å². The van der Waals surface area contributed by atoms with Crippen molar-refractivity contribution in [1.29, 1.82) is 0 Å². The maximum absolute atomic E-state index is 11.9. The van der Waals surface area contributed by atoms with E-state index in [0.717, 1.165) is 37.0 Å². The van der Waals surface area contributed by atoms with Crippen molar-refractivity contribution in [3.05, 3.63) is 29.8 Å². The van der Waals surface area contributed by atoms with E-state index < -0.39 is 11.9 Å². The normalized spacial score (nSPS) is 28.8. The Morgan fingerprint density at radius 3 is 2.69 bits per heavy atom. The Labute approximate surface area is 170 Å². The van der Waals surface area contributed by atoms with Crippen molar-refractivity contribution >= 4 is 17.7 Å². The summed E-state index contributed by atoms with van der Waals surface area (Å²) in [5.41, 5.74) is 1.99. The average Bonchev–Trinajstić information content (AvgIpc) is 2.99. The number of carboxylic acid groups (broad SMARTS) is 1. The topological polar surface area (TPSA) is 105 Å². The lowest BCUT2D eigenvalue weighted by Crippen LogP contribution is -2.36. The Morgan fingerprint density at radius 1 is 1.21 bits per heavy atom. The van der Waals surface area contributed by atoms with Crippen molar-refractivity contribution in [1.82, 2.24) is 0 Å². The quantitative estimate of drug-likeness (QED) is 0.298. The van der Waals surface area contributed by atoms with Crippen molar-refractivity contribution in [2.24, 2.45) is 22.9 Å². The number of aliphatic hydroxyl groups is 1. The van der Waals surface area contributed by atoms with Crippen LogP contribution in [0.2, 0.25) is 0 Å². The van der Waals surface area contributed by atoms with Crippen LogP contribution in [-0.4, -0.2) is 41.1 Å². The van der Waals surface area contributed by atoms with Gasteiger partial charge in [0.25, 0.3) is 0 Å². The van der Waals surface area contributed by atoms with Gasteiger partial charge < -0.3 is 19.8 Å². The minimum atomic E-state index is -1.03. The SMILES string of the molecule is CCC(=NOC)[C@H]1[C@@H](c2cccc(OC(=O)CCC(=O)O)c2)CC2CC(O)[C@@H]1C2. The molecule has 3 rings (SSSR count). The summed E-state index contributed by atoms with van der Waals surface area (Å²) < 4.78 is 5.35. The average molecular weight is 403 g/mol. The van der Waals surface area contributed by atoms with Crippen LogP contribution in [0.5, 0.6) is 5.75 Å². The van der Waals surface area contributed by atoms with E-state index in [1.54, 1.807) is 13.2 Å². The van der Waals surface area contributed by atoms with Gasteiger partial charge in [-0.2, -0.15) is 0 Å². The lowest BCUT2D eigenvalue weighted by atomic mass is 9.67. The number of carbonyl (C=O) groups excluding carboxylic acids is 1. The van der Waals surface area contributed by atoms with E-state index in [4.69, 9.17) is 14.7 Å². The van der Waals surface area contributed by atoms with Crippen LogP contribution in [0, 0.1) is 17.8 Å². The first-order valence-corrected chi connectivity index (χ1v) is 10.2. The van der Waals surface area contributed by atoms with Crippen molar-refractivity contribution in [2.45, 2.75) is 57.5 Å². The summed E-state index contributed by atoms with van der Waals surface area (Å²) in [7, 11) is 1.54. The van der Waals surface area contributed by atoms with Crippen LogP contribution in [0.3, 0.4) is 0 Å². The van der Waals surface area contributed by atoms with Gasteiger partial charge in [-0.1, -0.05) is 24.2 Å². The molecule has 29 heavy (non-hydrogen) atoms. The van der Waals surface area contributed by atoms with Crippen LogP contribution in [0.4, 0.5) is 0 Å². The second-order valence-corrected chi connectivity index (χ2v) is 8.00. The zero-order chi connectivity index (χ0) is 21.0. The molecular formula is C22H29NO6. The van der Waals surface area contributed by atoms with E-state index in [0.29, 0.717) is 11.7 Å². The third kappa shape index (κ3) is 4.96. The van der Waals surface area contributed by atoms with Gasteiger partial charge in [-0.25, -0.2) is 0 Å². The number of hydrogen-bond donors (Lipinski definition) is 2. The molecule has 0 aliphatic heterocycles. The van der Waals surface area contributed by atoms with Crippen molar-refractivity contribution in [3.63, 3.8) is 0 Å². The number of nitrogens with zero attached hydrogens (tertiary/aromatic N) is 1. The number of aliphatic carboxylic acids is 1. The monoisotopic (exact) mass is 403 g/mol. The number of oxime groups is 1. The molecule has 0 radical (unpaired) electrons. The largest absolute Gasteiger partial charge is 0.481 e.